The first kappa shape index (κ1) is 14.9. The summed E-state index contributed by atoms with van der Waals surface area (Å²) in [5.74, 6) is 1.24. The highest BCUT2D eigenvalue weighted by Gasteiger charge is 2.23. The van der Waals surface area contributed by atoms with Crippen LogP contribution < -0.4 is 5.32 Å². The summed E-state index contributed by atoms with van der Waals surface area (Å²) < 4.78 is 28.3. The summed E-state index contributed by atoms with van der Waals surface area (Å²) in [4.78, 5) is 0. The van der Waals surface area contributed by atoms with Crippen molar-refractivity contribution >= 4 is 9.84 Å². The molecule has 1 aliphatic heterocycles. The Labute approximate surface area is 105 Å². The molecule has 0 aromatic rings. The van der Waals surface area contributed by atoms with Crippen LogP contribution in [0.25, 0.3) is 0 Å². The van der Waals surface area contributed by atoms with Gasteiger partial charge in [-0.2, -0.15) is 0 Å². The van der Waals surface area contributed by atoms with Gasteiger partial charge in [0.2, 0.25) is 0 Å². The van der Waals surface area contributed by atoms with Gasteiger partial charge in [-0.3, -0.25) is 0 Å². The molecule has 4 nitrogen and oxygen atoms in total. The van der Waals surface area contributed by atoms with E-state index in [2.05, 4.69) is 19.2 Å². The van der Waals surface area contributed by atoms with Crippen molar-refractivity contribution in [3.8, 4) is 0 Å². The van der Waals surface area contributed by atoms with Gasteiger partial charge < -0.3 is 10.1 Å². The Morgan fingerprint density at radius 3 is 2.82 bits per heavy atom. The summed E-state index contributed by atoms with van der Waals surface area (Å²) in [5, 5.41) is 3.31. The minimum atomic E-state index is -2.78. The molecule has 0 aromatic carbocycles. The van der Waals surface area contributed by atoms with Crippen molar-refractivity contribution in [3.05, 3.63) is 0 Å². The maximum Gasteiger partial charge on any atom is 0.151 e. The molecule has 0 aromatic heterocycles. The van der Waals surface area contributed by atoms with E-state index in [0.29, 0.717) is 17.4 Å². The van der Waals surface area contributed by atoms with Gasteiger partial charge in [-0.25, -0.2) is 8.42 Å². The van der Waals surface area contributed by atoms with Crippen molar-refractivity contribution in [2.75, 3.05) is 31.3 Å². The predicted octanol–water partition coefficient (Wildman–Crippen LogP) is 1.22. The number of nitrogens with one attached hydrogen (secondary N) is 1. The molecule has 1 rings (SSSR count). The number of sulfone groups is 1. The van der Waals surface area contributed by atoms with Crippen LogP contribution >= 0.6 is 0 Å². The Hall–Kier alpha value is -0.130. The van der Waals surface area contributed by atoms with Crippen molar-refractivity contribution in [1.82, 2.24) is 5.32 Å². The molecular formula is C12H25NO3S. The third kappa shape index (κ3) is 7.01. The molecule has 17 heavy (non-hydrogen) atoms. The van der Waals surface area contributed by atoms with Gasteiger partial charge >= 0.3 is 0 Å². The van der Waals surface area contributed by atoms with E-state index in [1.807, 2.05) is 0 Å². The van der Waals surface area contributed by atoms with Crippen LogP contribution in [0.2, 0.25) is 0 Å². The fourth-order valence-electron chi connectivity index (χ4n) is 1.98. The molecule has 0 radical (unpaired) electrons. The molecule has 1 heterocycles. The zero-order chi connectivity index (χ0) is 12.7. The molecule has 1 atom stereocenters. The van der Waals surface area contributed by atoms with Crippen molar-refractivity contribution in [1.29, 1.82) is 0 Å². The maximum absolute atomic E-state index is 11.4. The summed E-state index contributed by atoms with van der Waals surface area (Å²) in [7, 11) is -2.78. The highest BCUT2D eigenvalue weighted by molar-refractivity contribution is 7.91. The van der Waals surface area contributed by atoms with Gasteiger partial charge in [0.15, 0.2) is 9.84 Å². The lowest BCUT2D eigenvalue weighted by Gasteiger charge is -2.23. The van der Waals surface area contributed by atoms with E-state index >= 15 is 0 Å². The minimum absolute atomic E-state index is 0.152. The van der Waals surface area contributed by atoms with E-state index in [1.54, 1.807) is 0 Å². The summed E-state index contributed by atoms with van der Waals surface area (Å²) in [5.41, 5.74) is 0. The molecule has 0 saturated carbocycles. The molecule has 0 spiro atoms. The van der Waals surface area contributed by atoms with Crippen molar-refractivity contribution in [2.45, 2.75) is 39.2 Å². The largest absolute Gasteiger partial charge is 0.381 e. The third-order valence-electron chi connectivity index (χ3n) is 2.81. The van der Waals surface area contributed by atoms with Gasteiger partial charge in [0.05, 0.1) is 11.5 Å². The van der Waals surface area contributed by atoms with E-state index in [9.17, 15) is 8.42 Å². The average Bonchev–Trinajstić information content (AvgIpc) is 2.21. The van der Waals surface area contributed by atoms with E-state index in [0.717, 1.165) is 39.0 Å². The summed E-state index contributed by atoms with van der Waals surface area (Å²) in [6, 6.07) is 0.152. The highest BCUT2D eigenvalue weighted by Crippen LogP contribution is 2.11. The monoisotopic (exact) mass is 263 g/mol. The lowest BCUT2D eigenvalue weighted by Crippen LogP contribution is -2.40. The maximum atomic E-state index is 11.4. The molecule has 102 valence electrons. The molecular weight excluding hydrogens is 238 g/mol. The van der Waals surface area contributed by atoms with Crippen LogP contribution in [0.3, 0.4) is 0 Å². The van der Waals surface area contributed by atoms with Crippen LogP contribution in [-0.4, -0.2) is 45.7 Å². The van der Waals surface area contributed by atoms with E-state index in [1.165, 1.54) is 0 Å². The zero-order valence-corrected chi connectivity index (χ0v) is 11.8. The Morgan fingerprint density at radius 1 is 1.41 bits per heavy atom. The van der Waals surface area contributed by atoms with Gasteiger partial charge in [-0.05, 0) is 31.7 Å². The Kier molecular flexibility index (Phi) is 6.44. The van der Waals surface area contributed by atoms with Crippen LogP contribution in [0.15, 0.2) is 0 Å². The zero-order valence-electron chi connectivity index (χ0n) is 10.9. The fourth-order valence-corrected chi connectivity index (χ4v) is 3.65. The Bertz CT molecular complexity index is 301. The number of hydrogen-bond acceptors (Lipinski definition) is 4. The van der Waals surface area contributed by atoms with E-state index in [4.69, 9.17) is 4.74 Å². The molecule has 1 fully saturated rings. The number of hydrogen-bond donors (Lipinski definition) is 1. The van der Waals surface area contributed by atoms with Crippen molar-refractivity contribution < 1.29 is 13.2 Å². The highest BCUT2D eigenvalue weighted by atomic mass is 32.2. The Balaban J connectivity index is 2.03. The third-order valence-corrected chi connectivity index (χ3v) is 4.63. The first-order chi connectivity index (χ1) is 7.99. The minimum Gasteiger partial charge on any atom is -0.381 e. The Morgan fingerprint density at radius 2 is 2.18 bits per heavy atom. The van der Waals surface area contributed by atoms with Gasteiger partial charge in [-0.1, -0.05) is 13.8 Å². The average molecular weight is 263 g/mol. The van der Waals surface area contributed by atoms with Gasteiger partial charge in [0.25, 0.3) is 0 Å². The van der Waals surface area contributed by atoms with E-state index < -0.39 is 9.84 Å². The van der Waals surface area contributed by atoms with E-state index in [-0.39, 0.29) is 6.04 Å². The lowest BCUT2D eigenvalue weighted by atomic mass is 10.2. The first-order valence-electron chi connectivity index (χ1n) is 6.51. The molecule has 1 aliphatic rings. The molecule has 0 bridgehead atoms. The molecule has 1 N–H and O–H groups in total. The number of ether oxygens (including phenoxy) is 1. The van der Waals surface area contributed by atoms with Crippen molar-refractivity contribution in [3.63, 3.8) is 0 Å². The van der Waals surface area contributed by atoms with Crippen molar-refractivity contribution in [2.24, 2.45) is 5.92 Å². The summed E-state index contributed by atoms with van der Waals surface area (Å²) in [6.45, 7) is 6.66. The lowest BCUT2D eigenvalue weighted by molar-refractivity contribution is 0.107. The molecule has 0 aliphatic carbocycles. The van der Waals surface area contributed by atoms with Crippen LogP contribution in [0.4, 0.5) is 0 Å². The second-order valence-electron chi connectivity index (χ2n) is 5.23. The SMILES string of the molecule is CC(C)COCCCNC1CCCS(=O)(=O)C1. The van der Waals surface area contributed by atoms with Gasteiger partial charge in [-0.15, -0.1) is 0 Å². The molecule has 0 amide bonds. The standard InChI is InChI=1S/C12H25NO3S/c1-11(2)9-16-7-4-6-13-12-5-3-8-17(14,15)10-12/h11-13H,3-10H2,1-2H3. The second kappa shape index (κ2) is 7.34. The van der Waals surface area contributed by atoms with Gasteiger partial charge in [0.1, 0.15) is 0 Å². The molecule has 5 heteroatoms. The first-order valence-corrected chi connectivity index (χ1v) is 8.33. The summed E-state index contributed by atoms with van der Waals surface area (Å²) in [6.07, 6.45) is 2.72. The van der Waals surface area contributed by atoms with Crippen LogP contribution in [0, 0.1) is 5.92 Å². The van der Waals surface area contributed by atoms with Crippen LogP contribution in [-0.2, 0) is 14.6 Å². The normalized spacial score (nSPS) is 24.1. The number of rotatable bonds is 7. The van der Waals surface area contributed by atoms with Gasteiger partial charge in [0, 0.05) is 19.3 Å². The quantitative estimate of drug-likeness (QED) is 0.702. The smallest absolute Gasteiger partial charge is 0.151 e. The molecule has 1 saturated heterocycles. The fraction of sp³-hybridized carbons (Fsp3) is 1.00. The molecule has 1 unspecified atom stereocenters. The van der Waals surface area contributed by atoms with Crippen LogP contribution in [0.1, 0.15) is 33.1 Å². The van der Waals surface area contributed by atoms with Crippen LogP contribution in [0.5, 0.6) is 0 Å². The summed E-state index contributed by atoms with van der Waals surface area (Å²) >= 11 is 0. The second-order valence-corrected chi connectivity index (χ2v) is 7.46. The predicted molar refractivity (Wildman–Crippen MR) is 70.0 cm³/mol. The topological polar surface area (TPSA) is 55.4 Å².